The number of piperidine rings is 1. The number of carbonyl (C=O) groups is 1. The van der Waals surface area contributed by atoms with Crippen molar-refractivity contribution in [3.8, 4) is 0 Å². The molecule has 160 valence electrons. The molecule has 0 aliphatic carbocycles. The molecule has 1 aliphatic heterocycles. The van der Waals surface area contributed by atoms with Crippen LogP contribution in [0.15, 0.2) is 4.79 Å². The summed E-state index contributed by atoms with van der Waals surface area (Å²) in [5, 5.41) is 3.60. The third-order valence-corrected chi connectivity index (χ3v) is 8.09. The van der Waals surface area contributed by atoms with Crippen molar-refractivity contribution in [2.75, 3.05) is 19.6 Å². The molecule has 2 aromatic heterocycles. The molecule has 29 heavy (non-hydrogen) atoms. The smallest absolute Gasteiger partial charge is 0.259 e. The molecular weight excluding hydrogens is 404 g/mol. The van der Waals surface area contributed by atoms with Gasteiger partial charge in [-0.15, -0.1) is 23.1 Å². The van der Waals surface area contributed by atoms with E-state index in [1.165, 1.54) is 31.0 Å². The normalized spacial score (nSPS) is 16.9. The summed E-state index contributed by atoms with van der Waals surface area (Å²) in [6.07, 6.45) is 3.78. The van der Waals surface area contributed by atoms with Gasteiger partial charge in [-0.3, -0.25) is 14.5 Å². The largest absolute Gasteiger partial charge is 0.353 e. The summed E-state index contributed by atoms with van der Waals surface area (Å²) < 4.78 is 0. The van der Waals surface area contributed by atoms with Crippen LogP contribution < -0.4 is 10.9 Å². The van der Waals surface area contributed by atoms with Crippen molar-refractivity contribution in [2.24, 2.45) is 0 Å². The average Bonchev–Trinajstić information content (AvgIpc) is 2.99. The number of amides is 1. The molecule has 1 aliphatic rings. The Kier molecular flexibility index (Phi) is 7.06. The highest BCUT2D eigenvalue weighted by atomic mass is 32.2. The first kappa shape index (κ1) is 22.3. The van der Waals surface area contributed by atoms with Gasteiger partial charge in [-0.2, -0.15) is 0 Å². The summed E-state index contributed by atoms with van der Waals surface area (Å²) in [7, 11) is 0. The average molecular weight is 437 g/mol. The van der Waals surface area contributed by atoms with Gasteiger partial charge in [-0.25, -0.2) is 4.98 Å². The van der Waals surface area contributed by atoms with Crippen molar-refractivity contribution >= 4 is 39.2 Å². The highest BCUT2D eigenvalue weighted by Gasteiger charge is 2.29. The summed E-state index contributed by atoms with van der Waals surface area (Å²) in [6.45, 7) is 13.1. The minimum absolute atomic E-state index is 0.0336. The maximum absolute atomic E-state index is 12.6. The fourth-order valence-corrected chi connectivity index (χ4v) is 5.53. The predicted octanol–water partition coefficient (Wildman–Crippen LogP) is 3.60. The van der Waals surface area contributed by atoms with Crippen LogP contribution in [0.3, 0.4) is 0 Å². The molecule has 8 heteroatoms. The summed E-state index contributed by atoms with van der Waals surface area (Å²) >= 11 is 3.05. The number of aromatic amines is 1. The Hall–Kier alpha value is -1.38. The molecule has 2 N–H and O–H groups in total. The Morgan fingerprint density at radius 3 is 2.69 bits per heavy atom. The number of H-pyrrole nitrogens is 1. The van der Waals surface area contributed by atoms with Crippen LogP contribution in [0, 0.1) is 13.8 Å². The maximum Gasteiger partial charge on any atom is 0.259 e. The number of thioether (sulfide) groups is 1. The molecule has 1 atom stereocenters. The van der Waals surface area contributed by atoms with E-state index in [0.717, 1.165) is 28.4 Å². The number of carbonyl (C=O) groups excluding carboxylic acids is 1. The lowest BCUT2D eigenvalue weighted by molar-refractivity contribution is -0.120. The lowest BCUT2D eigenvalue weighted by Gasteiger charge is -2.41. The standard InChI is InChI=1S/C21H32N4O2S2/c1-13-14(2)29-20-17(13)19(27)23-16(24-20)11-28-15(3)18(26)22-12-21(4,5)25-9-7-6-8-10-25/h15H,6-12H2,1-5H3,(H,22,26)(H,23,24,27). The molecule has 2 aromatic rings. The lowest BCUT2D eigenvalue weighted by atomic mass is 9.98. The third-order valence-electron chi connectivity index (χ3n) is 5.83. The molecule has 0 spiro atoms. The van der Waals surface area contributed by atoms with E-state index < -0.39 is 0 Å². The Balaban J connectivity index is 1.55. The van der Waals surface area contributed by atoms with E-state index in [-0.39, 0.29) is 22.3 Å². The number of aromatic nitrogens is 2. The minimum atomic E-state index is -0.208. The number of likely N-dealkylation sites (tertiary alicyclic amines) is 1. The minimum Gasteiger partial charge on any atom is -0.353 e. The molecule has 1 amide bonds. The van der Waals surface area contributed by atoms with Gasteiger partial charge in [0, 0.05) is 17.0 Å². The van der Waals surface area contributed by atoms with Gasteiger partial charge >= 0.3 is 0 Å². The number of hydrogen-bond acceptors (Lipinski definition) is 6. The van der Waals surface area contributed by atoms with Crippen molar-refractivity contribution in [1.82, 2.24) is 20.2 Å². The zero-order chi connectivity index (χ0) is 21.2. The van der Waals surface area contributed by atoms with Crippen LogP contribution in [0.5, 0.6) is 0 Å². The van der Waals surface area contributed by atoms with Crippen LogP contribution in [0.25, 0.3) is 10.2 Å². The number of thiophene rings is 1. The van der Waals surface area contributed by atoms with Crippen molar-refractivity contribution in [1.29, 1.82) is 0 Å². The van der Waals surface area contributed by atoms with Gasteiger partial charge in [-0.05, 0) is 66.1 Å². The van der Waals surface area contributed by atoms with E-state index in [4.69, 9.17) is 0 Å². The summed E-state index contributed by atoms with van der Waals surface area (Å²) in [5.41, 5.74) is 0.877. The molecule has 1 fully saturated rings. The van der Waals surface area contributed by atoms with E-state index in [0.29, 0.717) is 23.5 Å². The van der Waals surface area contributed by atoms with Crippen LogP contribution >= 0.6 is 23.1 Å². The molecule has 3 heterocycles. The Bertz CT molecular complexity index is 929. The number of nitrogens with zero attached hydrogens (tertiary/aromatic N) is 2. The maximum atomic E-state index is 12.6. The van der Waals surface area contributed by atoms with E-state index in [9.17, 15) is 9.59 Å². The van der Waals surface area contributed by atoms with Gasteiger partial charge < -0.3 is 10.3 Å². The van der Waals surface area contributed by atoms with Crippen LogP contribution in [0.2, 0.25) is 0 Å². The topological polar surface area (TPSA) is 78.1 Å². The number of fused-ring (bicyclic) bond motifs is 1. The first-order chi connectivity index (χ1) is 13.7. The summed E-state index contributed by atoms with van der Waals surface area (Å²) in [5.74, 6) is 1.17. The summed E-state index contributed by atoms with van der Waals surface area (Å²) in [6, 6.07) is 0. The zero-order valence-electron chi connectivity index (χ0n) is 18.1. The molecule has 3 rings (SSSR count). The van der Waals surface area contributed by atoms with Gasteiger partial charge in [0.2, 0.25) is 5.91 Å². The molecular formula is C21H32N4O2S2. The van der Waals surface area contributed by atoms with Gasteiger partial charge in [0.25, 0.3) is 5.56 Å². The highest BCUT2D eigenvalue weighted by molar-refractivity contribution is 7.99. The quantitative estimate of drug-likeness (QED) is 0.693. The SMILES string of the molecule is Cc1sc2nc(CSC(C)C(=O)NCC(C)(C)N3CCCCC3)[nH]c(=O)c2c1C. The molecule has 0 bridgehead atoms. The van der Waals surface area contributed by atoms with E-state index in [1.54, 1.807) is 11.3 Å². The fraction of sp³-hybridized carbons (Fsp3) is 0.667. The summed E-state index contributed by atoms with van der Waals surface area (Å²) in [4.78, 5) is 36.8. The first-order valence-electron chi connectivity index (χ1n) is 10.3. The second kappa shape index (κ2) is 9.18. The number of nitrogens with one attached hydrogen (secondary N) is 2. The second-order valence-electron chi connectivity index (χ2n) is 8.51. The van der Waals surface area contributed by atoms with Crippen LogP contribution in [-0.2, 0) is 10.5 Å². The molecule has 0 radical (unpaired) electrons. The van der Waals surface area contributed by atoms with Crippen LogP contribution in [-0.4, -0.2) is 51.2 Å². The van der Waals surface area contributed by atoms with Gasteiger partial charge in [-0.1, -0.05) is 6.42 Å². The third kappa shape index (κ3) is 5.22. The molecule has 1 saturated heterocycles. The fourth-order valence-electron chi connectivity index (χ4n) is 3.71. The Labute approximate surface area is 180 Å². The van der Waals surface area contributed by atoms with E-state index in [1.807, 2.05) is 20.8 Å². The second-order valence-corrected chi connectivity index (χ2v) is 11.0. The van der Waals surface area contributed by atoms with E-state index in [2.05, 4.69) is 34.0 Å². The van der Waals surface area contributed by atoms with Crippen molar-refractivity contribution < 1.29 is 4.79 Å². The first-order valence-corrected chi connectivity index (χ1v) is 12.2. The Morgan fingerprint density at radius 2 is 2.00 bits per heavy atom. The van der Waals surface area contributed by atoms with E-state index >= 15 is 0 Å². The predicted molar refractivity (Wildman–Crippen MR) is 123 cm³/mol. The lowest BCUT2D eigenvalue weighted by Crippen LogP contribution is -2.54. The molecule has 6 nitrogen and oxygen atoms in total. The van der Waals surface area contributed by atoms with Crippen molar-refractivity contribution in [2.45, 2.75) is 70.4 Å². The monoisotopic (exact) mass is 436 g/mol. The van der Waals surface area contributed by atoms with Crippen LogP contribution in [0.1, 0.15) is 56.3 Å². The molecule has 0 aromatic carbocycles. The number of aryl methyl sites for hydroxylation is 2. The van der Waals surface area contributed by atoms with Gasteiger partial charge in [0.15, 0.2) is 0 Å². The van der Waals surface area contributed by atoms with Gasteiger partial charge in [0.1, 0.15) is 10.7 Å². The highest BCUT2D eigenvalue weighted by Crippen LogP contribution is 2.26. The molecule has 1 unspecified atom stereocenters. The van der Waals surface area contributed by atoms with Crippen LogP contribution in [0.4, 0.5) is 0 Å². The number of hydrogen-bond donors (Lipinski definition) is 2. The number of rotatable bonds is 7. The zero-order valence-corrected chi connectivity index (χ0v) is 19.7. The Morgan fingerprint density at radius 1 is 1.31 bits per heavy atom. The van der Waals surface area contributed by atoms with Crippen molar-refractivity contribution in [3.63, 3.8) is 0 Å². The van der Waals surface area contributed by atoms with Gasteiger partial charge in [0.05, 0.1) is 16.4 Å². The molecule has 0 saturated carbocycles. The van der Waals surface area contributed by atoms with Crippen molar-refractivity contribution in [3.05, 3.63) is 26.6 Å².